The van der Waals surface area contributed by atoms with E-state index in [9.17, 15) is 0 Å². The molecule has 0 amide bonds. The van der Waals surface area contributed by atoms with Crippen LogP contribution in [0.4, 0.5) is 0 Å². The predicted molar refractivity (Wildman–Crippen MR) is 125 cm³/mol. The van der Waals surface area contributed by atoms with Crippen LogP contribution in [0.2, 0.25) is 0 Å². The molecule has 3 aromatic rings. The Morgan fingerprint density at radius 3 is 2.40 bits per heavy atom. The molecule has 4 heteroatoms. The van der Waals surface area contributed by atoms with Gasteiger partial charge in [-0.1, -0.05) is 91.3 Å². The maximum Gasteiger partial charge on any atom is 0.213 e. The van der Waals surface area contributed by atoms with Crippen molar-refractivity contribution < 1.29 is 4.74 Å². The molecule has 0 bridgehead atoms. The number of nitrogens with zero attached hydrogens (tertiary/aromatic N) is 2. The molecule has 0 N–H and O–H groups in total. The molecule has 0 fully saturated rings. The summed E-state index contributed by atoms with van der Waals surface area (Å²) in [4.78, 5) is 0. The average Bonchev–Trinajstić information content (AvgIpc) is 3.19. The van der Waals surface area contributed by atoms with Gasteiger partial charge in [0, 0.05) is 22.0 Å². The number of ether oxygens (including phenoxy) is 1. The Balaban J connectivity index is 1.57. The van der Waals surface area contributed by atoms with Crippen molar-refractivity contribution in [2.75, 3.05) is 0 Å². The molecule has 0 spiro atoms. The molecular formula is C26H25BrN2O. The molecule has 2 aliphatic heterocycles. The van der Waals surface area contributed by atoms with Gasteiger partial charge in [0.15, 0.2) is 0 Å². The molecule has 0 aromatic heterocycles. The zero-order valence-corrected chi connectivity index (χ0v) is 19.1. The molecule has 2 heterocycles. The van der Waals surface area contributed by atoms with Crippen LogP contribution in [0, 0.1) is 0 Å². The van der Waals surface area contributed by atoms with Crippen LogP contribution in [0.3, 0.4) is 0 Å². The molecule has 2 aliphatic rings. The van der Waals surface area contributed by atoms with Crippen LogP contribution in [0.5, 0.6) is 5.75 Å². The minimum atomic E-state index is -0.237. The summed E-state index contributed by atoms with van der Waals surface area (Å²) < 4.78 is 7.56. The van der Waals surface area contributed by atoms with Crippen molar-refractivity contribution in [1.29, 1.82) is 0 Å². The first-order valence-corrected chi connectivity index (χ1v) is 11.2. The topological polar surface area (TPSA) is 24.8 Å². The van der Waals surface area contributed by atoms with Crippen LogP contribution in [0.1, 0.15) is 61.7 Å². The van der Waals surface area contributed by atoms with Gasteiger partial charge in [-0.25, -0.2) is 5.01 Å². The van der Waals surface area contributed by atoms with Crippen molar-refractivity contribution in [3.05, 3.63) is 99.5 Å². The van der Waals surface area contributed by atoms with E-state index in [1.807, 2.05) is 12.1 Å². The number of hydrogen-bond acceptors (Lipinski definition) is 3. The van der Waals surface area contributed by atoms with Crippen LogP contribution in [-0.2, 0) is 5.41 Å². The molecule has 3 aromatic carbocycles. The number of fused-ring (bicyclic) bond motifs is 3. The SMILES string of the molecule is CC(C)(C)c1ccc([C@H]2Oc3ccc(Br)cc3[C@@H]3CC(c4ccccc4)=NN23)cc1. The number of rotatable bonds is 2. The first kappa shape index (κ1) is 19.4. The Morgan fingerprint density at radius 1 is 0.967 bits per heavy atom. The van der Waals surface area contributed by atoms with E-state index in [-0.39, 0.29) is 17.7 Å². The highest BCUT2D eigenvalue weighted by Gasteiger charge is 2.41. The largest absolute Gasteiger partial charge is 0.464 e. The highest BCUT2D eigenvalue weighted by molar-refractivity contribution is 9.10. The maximum atomic E-state index is 6.49. The van der Waals surface area contributed by atoms with E-state index >= 15 is 0 Å². The van der Waals surface area contributed by atoms with Gasteiger partial charge in [0.25, 0.3) is 0 Å². The van der Waals surface area contributed by atoms with Crippen LogP contribution >= 0.6 is 15.9 Å². The highest BCUT2D eigenvalue weighted by Crippen LogP contribution is 2.48. The second-order valence-electron chi connectivity index (χ2n) is 9.04. The number of hydrogen-bond donors (Lipinski definition) is 0. The van der Waals surface area contributed by atoms with Crippen LogP contribution in [0.25, 0.3) is 0 Å². The maximum absolute atomic E-state index is 6.49. The predicted octanol–water partition coefficient (Wildman–Crippen LogP) is 6.99. The fraction of sp³-hybridized carbons (Fsp3) is 0.269. The van der Waals surface area contributed by atoms with Crippen LogP contribution in [0.15, 0.2) is 82.4 Å². The van der Waals surface area contributed by atoms with E-state index in [1.165, 1.54) is 16.7 Å². The van der Waals surface area contributed by atoms with E-state index in [2.05, 4.69) is 102 Å². The van der Waals surface area contributed by atoms with Gasteiger partial charge in [-0.3, -0.25) is 0 Å². The standard InChI is InChI=1S/C26H25BrN2O/c1-26(2,3)19-11-9-18(10-12-19)25-29-23(21-15-20(27)13-14-24(21)30-25)16-22(28-29)17-7-5-4-6-8-17/h4-15,23,25H,16H2,1-3H3/t23-,25+/m0/s1. The van der Waals surface area contributed by atoms with Gasteiger partial charge in [0.1, 0.15) is 5.75 Å². The lowest BCUT2D eigenvalue weighted by Gasteiger charge is -2.38. The summed E-state index contributed by atoms with van der Waals surface area (Å²) in [6.07, 6.45) is 0.631. The summed E-state index contributed by atoms with van der Waals surface area (Å²) >= 11 is 3.62. The molecule has 5 rings (SSSR count). The van der Waals surface area contributed by atoms with Gasteiger partial charge in [-0.05, 0) is 34.7 Å². The zero-order chi connectivity index (χ0) is 20.9. The lowest BCUT2D eigenvalue weighted by molar-refractivity contribution is -0.0191. The summed E-state index contributed by atoms with van der Waals surface area (Å²) in [6.45, 7) is 6.71. The lowest BCUT2D eigenvalue weighted by Crippen LogP contribution is -2.33. The van der Waals surface area contributed by atoms with Gasteiger partial charge in [0.2, 0.25) is 6.23 Å². The molecule has 3 nitrogen and oxygen atoms in total. The van der Waals surface area contributed by atoms with E-state index in [1.54, 1.807) is 0 Å². The molecular weight excluding hydrogens is 436 g/mol. The summed E-state index contributed by atoms with van der Waals surface area (Å²) in [5.41, 5.74) is 6.03. The Bertz CT molecular complexity index is 1100. The van der Waals surface area contributed by atoms with Crippen molar-refractivity contribution in [3.63, 3.8) is 0 Å². The van der Waals surface area contributed by atoms with Crippen molar-refractivity contribution in [1.82, 2.24) is 5.01 Å². The number of benzene rings is 3. The van der Waals surface area contributed by atoms with Gasteiger partial charge in [-0.15, -0.1) is 0 Å². The van der Waals surface area contributed by atoms with E-state index in [0.717, 1.165) is 27.9 Å². The third-order valence-electron chi connectivity index (χ3n) is 5.92. The second kappa shape index (κ2) is 7.28. The summed E-state index contributed by atoms with van der Waals surface area (Å²) in [5, 5.41) is 7.19. The van der Waals surface area contributed by atoms with Gasteiger partial charge >= 0.3 is 0 Å². The van der Waals surface area contributed by atoms with Gasteiger partial charge in [-0.2, -0.15) is 5.10 Å². The summed E-state index contributed by atoms with van der Waals surface area (Å²) in [5.74, 6) is 0.939. The fourth-order valence-electron chi connectivity index (χ4n) is 4.23. The Morgan fingerprint density at radius 2 is 1.70 bits per heavy atom. The normalized spacial score (nSPS) is 20.3. The van der Waals surface area contributed by atoms with E-state index in [0.29, 0.717) is 0 Å². The lowest BCUT2D eigenvalue weighted by atomic mass is 9.86. The first-order chi connectivity index (χ1) is 14.4. The summed E-state index contributed by atoms with van der Waals surface area (Å²) in [6, 6.07) is 25.7. The van der Waals surface area contributed by atoms with Crippen LogP contribution < -0.4 is 4.74 Å². The first-order valence-electron chi connectivity index (χ1n) is 10.4. The van der Waals surface area contributed by atoms with Gasteiger partial charge in [0.05, 0.1) is 11.8 Å². The third kappa shape index (κ3) is 3.43. The Hall–Kier alpha value is -2.59. The molecule has 152 valence electrons. The molecule has 0 saturated carbocycles. The minimum absolute atomic E-state index is 0.125. The minimum Gasteiger partial charge on any atom is -0.464 e. The quantitative estimate of drug-likeness (QED) is 0.411. The van der Waals surface area contributed by atoms with Crippen molar-refractivity contribution in [2.45, 2.75) is 44.9 Å². The van der Waals surface area contributed by atoms with Crippen LogP contribution in [-0.4, -0.2) is 10.7 Å². The molecule has 2 atom stereocenters. The Kier molecular flexibility index (Phi) is 4.70. The molecule has 0 radical (unpaired) electrons. The number of halogens is 1. The molecule has 0 unspecified atom stereocenters. The second-order valence-corrected chi connectivity index (χ2v) is 9.95. The van der Waals surface area contributed by atoms with E-state index < -0.39 is 0 Å². The fourth-order valence-corrected chi connectivity index (χ4v) is 4.61. The smallest absolute Gasteiger partial charge is 0.213 e. The third-order valence-corrected chi connectivity index (χ3v) is 6.41. The number of hydrazone groups is 1. The van der Waals surface area contributed by atoms with E-state index in [4.69, 9.17) is 9.84 Å². The van der Waals surface area contributed by atoms with Crippen molar-refractivity contribution in [2.24, 2.45) is 5.10 Å². The highest BCUT2D eigenvalue weighted by atomic mass is 79.9. The van der Waals surface area contributed by atoms with Crippen molar-refractivity contribution >= 4 is 21.6 Å². The van der Waals surface area contributed by atoms with Crippen molar-refractivity contribution in [3.8, 4) is 5.75 Å². The monoisotopic (exact) mass is 460 g/mol. The summed E-state index contributed by atoms with van der Waals surface area (Å²) in [7, 11) is 0. The average molecular weight is 461 g/mol. The molecule has 0 saturated heterocycles. The Labute approximate surface area is 186 Å². The molecule has 0 aliphatic carbocycles. The molecule has 30 heavy (non-hydrogen) atoms. The zero-order valence-electron chi connectivity index (χ0n) is 17.5. The van der Waals surface area contributed by atoms with Gasteiger partial charge < -0.3 is 4.74 Å².